The summed E-state index contributed by atoms with van der Waals surface area (Å²) in [6.45, 7) is 1.74. The first-order valence-corrected chi connectivity index (χ1v) is 6.00. The number of alkyl halides is 3. The lowest BCUT2D eigenvalue weighted by Crippen LogP contribution is -2.20. The van der Waals surface area contributed by atoms with Crippen molar-refractivity contribution in [3.8, 4) is 0 Å². The molecule has 1 N–H and O–H groups in total. The molecule has 2 rings (SSSR count). The van der Waals surface area contributed by atoms with Crippen LogP contribution in [0.25, 0.3) is 0 Å². The van der Waals surface area contributed by atoms with Gasteiger partial charge in [-0.1, -0.05) is 6.07 Å². The zero-order chi connectivity index (χ0) is 14.8. The van der Waals surface area contributed by atoms with Gasteiger partial charge >= 0.3 is 6.18 Å². The van der Waals surface area contributed by atoms with Crippen LogP contribution in [-0.4, -0.2) is 0 Å². The molecule has 2 nitrogen and oxygen atoms in total. The van der Waals surface area contributed by atoms with Crippen LogP contribution in [0.1, 0.15) is 29.9 Å². The molecule has 0 aliphatic rings. The predicted molar refractivity (Wildman–Crippen MR) is 65.4 cm³/mol. The van der Waals surface area contributed by atoms with Crippen LogP contribution in [0, 0.1) is 5.82 Å². The van der Waals surface area contributed by atoms with E-state index in [1.54, 1.807) is 19.1 Å². The lowest BCUT2D eigenvalue weighted by Gasteiger charge is -2.16. The van der Waals surface area contributed by atoms with Crippen molar-refractivity contribution in [2.45, 2.75) is 25.7 Å². The molecule has 0 aliphatic carbocycles. The maximum absolute atomic E-state index is 13.0. The molecule has 1 atom stereocenters. The number of rotatable bonds is 4. The van der Waals surface area contributed by atoms with Crippen molar-refractivity contribution in [2.24, 2.45) is 0 Å². The van der Waals surface area contributed by atoms with Crippen LogP contribution in [0.2, 0.25) is 0 Å². The van der Waals surface area contributed by atoms with Gasteiger partial charge in [-0.05, 0) is 36.8 Å². The number of nitrogens with one attached hydrogen (secondary N) is 1. The number of halogens is 4. The quantitative estimate of drug-likeness (QED) is 0.849. The van der Waals surface area contributed by atoms with Gasteiger partial charge in [-0.2, -0.15) is 13.2 Å². The molecular weight excluding hydrogens is 274 g/mol. The summed E-state index contributed by atoms with van der Waals surface area (Å²) < 4.78 is 56.6. The van der Waals surface area contributed by atoms with E-state index in [2.05, 4.69) is 5.32 Å². The van der Waals surface area contributed by atoms with Crippen LogP contribution >= 0.6 is 0 Å². The highest BCUT2D eigenvalue weighted by Gasteiger charge is 2.33. The standard InChI is InChI=1S/C14H13F4NO/c1-9(13-3-2-6-20-13)19-8-10-4-5-11(15)7-12(10)14(16,17)18/h2-7,9,19H,8H2,1H3/t9-/m0/s1. The van der Waals surface area contributed by atoms with Crippen molar-refractivity contribution in [2.75, 3.05) is 0 Å². The minimum Gasteiger partial charge on any atom is -0.468 e. The summed E-state index contributed by atoms with van der Waals surface area (Å²) in [4.78, 5) is 0. The zero-order valence-electron chi connectivity index (χ0n) is 10.7. The lowest BCUT2D eigenvalue weighted by molar-refractivity contribution is -0.138. The molecular formula is C14H13F4NO. The molecule has 0 amide bonds. The molecule has 20 heavy (non-hydrogen) atoms. The SMILES string of the molecule is C[C@H](NCc1ccc(F)cc1C(F)(F)F)c1ccco1. The van der Waals surface area contributed by atoms with Crippen LogP contribution in [-0.2, 0) is 12.7 Å². The van der Waals surface area contributed by atoms with E-state index in [-0.39, 0.29) is 18.2 Å². The van der Waals surface area contributed by atoms with E-state index in [9.17, 15) is 17.6 Å². The molecule has 1 aromatic carbocycles. The molecule has 6 heteroatoms. The fourth-order valence-corrected chi connectivity index (χ4v) is 1.87. The maximum Gasteiger partial charge on any atom is 0.416 e. The van der Waals surface area contributed by atoms with Gasteiger partial charge in [0.2, 0.25) is 0 Å². The van der Waals surface area contributed by atoms with E-state index < -0.39 is 17.6 Å². The molecule has 1 heterocycles. The van der Waals surface area contributed by atoms with Crippen molar-refractivity contribution in [3.63, 3.8) is 0 Å². The topological polar surface area (TPSA) is 25.2 Å². The third-order valence-electron chi connectivity index (χ3n) is 2.95. The second-order valence-electron chi connectivity index (χ2n) is 4.42. The first kappa shape index (κ1) is 14.6. The minimum absolute atomic E-state index is 0.00249. The molecule has 0 saturated carbocycles. The van der Waals surface area contributed by atoms with Crippen molar-refractivity contribution < 1.29 is 22.0 Å². The Labute approximate surface area is 113 Å². The van der Waals surface area contributed by atoms with Crippen LogP contribution < -0.4 is 5.32 Å². The Morgan fingerprint density at radius 3 is 2.60 bits per heavy atom. The summed E-state index contributed by atoms with van der Waals surface area (Å²) in [6.07, 6.45) is -3.08. The normalized spacial score (nSPS) is 13.4. The number of furan rings is 1. The second kappa shape index (κ2) is 5.66. The Kier molecular flexibility index (Phi) is 4.13. The van der Waals surface area contributed by atoms with E-state index in [0.29, 0.717) is 11.8 Å². The lowest BCUT2D eigenvalue weighted by atomic mass is 10.1. The first-order valence-electron chi connectivity index (χ1n) is 6.00. The van der Waals surface area contributed by atoms with Crippen LogP contribution in [0.4, 0.5) is 17.6 Å². The Bertz CT molecular complexity index is 563. The van der Waals surface area contributed by atoms with Gasteiger partial charge in [0.05, 0.1) is 17.9 Å². The highest BCUT2D eigenvalue weighted by atomic mass is 19.4. The summed E-state index contributed by atoms with van der Waals surface area (Å²) in [6, 6.07) is 5.86. The van der Waals surface area contributed by atoms with Gasteiger partial charge in [-0.3, -0.25) is 0 Å². The van der Waals surface area contributed by atoms with Crippen LogP contribution in [0.3, 0.4) is 0 Å². The summed E-state index contributed by atoms with van der Waals surface area (Å²) in [5.41, 5.74) is -0.964. The summed E-state index contributed by atoms with van der Waals surface area (Å²) in [7, 11) is 0. The molecule has 108 valence electrons. The van der Waals surface area contributed by atoms with Gasteiger partial charge < -0.3 is 9.73 Å². The van der Waals surface area contributed by atoms with Gasteiger partial charge in [0, 0.05) is 6.54 Å². The predicted octanol–water partition coefficient (Wildman–Crippen LogP) is 4.29. The Balaban J connectivity index is 2.13. The summed E-state index contributed by atoms with van der Waals surface area (Å²) in [5.74, 6) is -0.277. The number of benzene rings is 1. The zero-order valence-corrected chi connectivity index (χ0v) is 10.7. The average Bonchev–Trinajstić information content (AvgIpc) is 2.89. The minimum atomic E-state index is -4.58. The number of hydrogen-bond donors (Lipinski definition) is 1. The van der Waals surface area contributed by atoms with Crippen LogP contribution in [0.15, 0.2) is 41.0 Å². The number of hydrogen-bond acceptors (Lipinski definition) is 2. The molecule has 0 fully saturated rings. The van der Waals surface area contributed by atoms with E-state index in [0.717, 1.165) is 12.1 Å². The third-order valence-corrected chi connectivity index (χ3v) is 2.95. The molecule has 0 unspecified atom stereocenters. The van der Waals surface area contributed by atoms with Gasteiger partial charge in [-0.25, -0.2) is 4.39 Å². The molecule has 1 aromatic heterocycles. The van der Waals surface area contributed by atoms with E-state index >= 15 is 0 Å². The highest BCUT2D eigenvalue weighted by Crippen LogP contribution is 2.32. The van der Waals surface area contributed by atoms with Crippen molar-refractivity contribution in [1.29, 1.82) is 0 Å². The molecule has 0 saturated heterocycles. The summed E-state index contributed by atoms with van der Waals surface area (Å²) >= 11 is 0. The molecule has 0 aliphatic heterocycles. The highest BCUT2D eigenvalue weighted by molar-refractivity contribution is 5.30. The fourth-order valence-electron chi connectivity index (χ4n) is 1.87. The largest absolute Gasteiger partial charge is 0.468 e. The smallest absolute Gasteiger partial charge is 0.416 e. The Hall–Kier alpha value is -1.82. The first-order chi connectivity index (χ1) is 9.38. The summed E-state index contributed by atoms with van der Waals surface area (Å²) in [5, 5.41) is 2.92. The van der Waals surface area contributed by atoms with Crippen molar-refractivity contribution in [1.82, 2.24) is 5.32 Å². The third kappa shape index (κ3) is 3.39. The average molecular weight is 287 g/mol. The molecule has 0 spiro atoms. The van der Waals surface area contributed by atoms with E-state index in [1.165, 1.54) is 6.26 Å². The fraction of sp³-hybridized carbons (Fsp3) is 0.286. The molecule has 2 aromatic rings. The Morgan fingerprint density at radius 2 is 2.00 bits per heavy atom. The van der Waals surface area contributed by atoms with Crippen molar-refractivity contribution in [3.05, 3.63) is 59.3 Å². The van der Waals surface area contributed by atoms with Gasteiger partial charge in [0.1, 0.15) is 11.6 Å². The maximum atomic E-state index is 13.0. The van der Waals surface area contributed by atoms with Gasteiger partial charge in [-0.15, -0.1) is 0 Å². The van der Waals surface area contributed by atoms with Crippen LogP contribution in [0.5, 0.6) is 0 Å². The van der Waals surface area contributed by atoms with E-state index in [4.69, 9.17) is 4.42 Å². The molecule has 0 bridgehead atoms. The Morgan fingerprint density at radius 1 is 1.25 bits per heavy atom. The van der Waals surface area contributed by atoms with Crippen molar-refractivity contribution >= 4 is 0 Å². The van der Waals surface area contributed by atoms with Gasteiger partial charge in [0.25, 0.3) is 0 Å². The second-order valence-corrected chi connectivity index (χ2v) is 4.42. The molecule has 0 radical (unpaired) electrons. The van der Waals surface area contributed by atoms with E-state index in [1.807, 2.05) is 0 Å². The monoisotopic (exact) mass is 287 g/mol. The van der Waals surface area contributed by atoms with Gasteiger partial charge in [0.15, 0.2) is 0 Å².